The molecule has 15 heteroatoms. The van der Waals surface area contributed by atoms with Crippen LogP contribution in [0.2, 0.25) is 10.0 Å². The minimum absolute atomic E-state index is 0.0643. The van der Waals surface area contributed by atoms with Gasteiger partial charge in [0.25, 0.3) is 0 Å². The lowest BCUT2D eigenvalue weighted by Crippen LogP contribution is -2.47. The zero-order chi connectivity index (χ0) is 28.4. The van der Waals surface area contributed by atoms with E-state index in [4.69, 9.17) is 32.7 Å². The molecular formula is C24H27Cl2N7O6. The van der Waals surface area contributed by atoms with E-state index in [0.717, 1.165) is 6.08 Å². The summed E-state index contributed by atoms with van der Waals surface area (Å²) in [7, 11) is 4.43. The van der Waals surface area contributed by atoms with E-state index in [1.807, 2.05) is 0 Å². The Morgan fingerprint density at radius 3 is 2.44 bits per heavy atom. The maximum absolute atomic E-state index is 13.5. The molecule has 208 valence electrons. The summed E-state index contributed by atoms with van der Waals surface area (Å²) in [5.41, 5.74) is 0.830. The molecule has 4 rings (SSSR count). The lowest BCUT2D eigenvalue weighted by Gasteiger charge is -2.35. The van der Waals surface area contributed by atoms with Gasteiger partial charge in [0.05, 0.1) is 38.5 Å². The Hall–Kier alpha value is -3.81. The molecular weight excluding hydrogens is 553 g/mol. The van der Waals surface area contributed by atoms with Gasteiger partial charge in [-0.3, -0.25) is 19.4 Å². The largest absolute Gasteiger partial charge is 0.495 e. The van der Waals surface area contributed by atoms with E-state index in [1.54, 1.807) is 13.2 Å². The Labute approximate surface area is 234 Å². The van der Waals surface area contributed by atoms with Gasteiger partial charge in [-0.1, -0.05) is 29.8 Å². The highest BCUT2D eigenvalue weighted by atomic mass is 35.5. The number of nitrogens with one attached hydrogen (secondary N) is 2. The molecule has 4 amide bonds. The number of anilines is 3. The average Bonchev–Trinajstić information content (AvgIpc) is 3.33. The van der Waals surface area contributed by atoms with Crippen LogP contribution in [-0.2, 0) is 16.1 Å². The number of carbonyl (C=O) groups is 3. The molecule has 3 heterocycles. The average molecular weight is 580 g/mol. The van der Waals surface area contributed by atoms with Gasteiger partial charge in [0.15, 0.2) is 0 Å². The first-order valence-electron chi connectivity index (χ1n) is 11.7. The first-order chi connectivity index (χ1) is 18.6. The predicted molar refractivity (Wildman–Crippen MR) is 145 cm³/mol. The number of fused-ring (bicyclic) bond motifs is 1. The van der Waals surface area contributed by atoms with Gasteiger partial charge in [-0.25, -0.2) is 9.78 Å². The molecule has 0 spiro atoms. The predicted octanol–water partition coefficient (Wildman–Crippen LogP) is 1.66. The van der Waals surface area contributed by atoms with Crippen molar-refractivity contribution in [3.8, 4) is 11.5 Å². The van der Waals surface area contributed by atoms with E-state index in [2.05, 4.69) is 27.2 Å². The Morgan fingerprint density at radius 2 is 1.85 bits per heavy atom. The van der Waals surface area contributed by atoms with Crippen molar-refractivity contribution in [1.82, 2.24) is 20.2 Å². The van der Waals surface area contributed by atoms with Crippen molar-refractivity contribution >= 4 is 58.5 Å². The molecule has 2 atom stereocenters. The summed E-state index contributed by atoms with van der Waals surface area (Å²) in [5.74, 6) is 0.224. The quantitative estimate of drug-likeness (QED) is 0.397. The second kappa shape index (κ2) is 11.5. The Morgan fingerprint density at radius 1 is 1.21 bits per heavy atom. The van der Waals surface area contributed by atoms with Gasteiger partial charge in [0, 0.05) is 38.0 Å². The van der Waals surface area contributed by atoms with Crippen molar-refractivity contribution in [3.05, 3.63) is 40.5 Å². The van der Waals surface area contributed by atoms with E-state index in [-0.39, 0.29) is 52.8 Å². The van der Waals surface area contributed by atoms with Crippen molar-refractivity contribution in [3.63, 3.8) is 0 Å². The Balaban J connectivity index is 1.62. The summed E-state index contributed by atoms with van der Waals surface area (Å²) in [5, 5.41) is 15.4. The first-order valence-corrected chi connectivity index (χ1v) is 12.5. The molecule has 2 aliphatic rings. The number of methoxy groups -OCH3 is 2. The number of urea groups is 1. The Bertz CT molecular complexity index is 1300. The van der Waals surface area contributed by atoms with Crippen molar-refractivity contribution < 1.29 is 29.0 Å². The summed E-state index contributed by atoms with van der Waals surface area (Å²) in [4.78, 5) is 50.5. The molecule has 3 N–H and O–H groups in total. The van der Waals surface area contributed by atoms with E-state index in [0.29, 0.717) is 11.4 Å². The number of hydrogen-bond acceptors (Lipinski definition) is 9. The van der Waals surface area contributed by atoms with Crippen LogP contribution in [-0.4, -0.2) is 90.9 Å². The van der Waals surface area contributed by atoms with E-state index < -0.39 is 36.5 Å². The molecule has 39 heavy (non-hydrogen) atoms. The summed E-state index contributed by atoms with van der Waals surface area (Å²) in [6, 6.07) is 0.116. The molecule has 2 aromatic rings. The highest BCUT2D eigenvalue weighted by Crippen LogP contribution is 2.47. The van der Waals surface area contributed by atoms with Gasteiger partial charge in [0.2, 0.25) is 17.8 Å². The molecule has 0 radical (unpaired) electrons. The number of ether oxygens (including phenoxy) is 2. The third kappa shape index (κ3) is 5.37. The van der Waals surface area contributed by atoms with Gasteiger partial charge >= 0.3 is 6.03 Å². The summed E-state index contributed by atoms with van der Waals surface area (Å²) in [6.45, 7) is 3.24. The molecule has 1 aromatic heterocycles. The lowest BCUT2D eigenvalue weighted by molar-refractivity contribution is -0.133. The number of amides is 4. The zero-order valence-corrected chi connectivity index (χ0v) is 22.9. The van der Waals surface area contributed by atoms with Gasteiger partial charge in [-0.15, -0.1) is 0 Å². The fourth-order valence-electron chi connectivity index (χ4n) is 4.47. The molecule has 1 aromatic carbocycles. The topological polar surface area (TPSA) is 149 Å². The number of halogens is 2. The van der Waals surface area contributed by atoms with Crippen LogP contribution in [0.4, 0.5) is 22.2 Å². The number of hydrogen-bond donors (Lipinski definition) is 3. The molecule has 1 fully saturated rings. The van der Waals surface area contributed by atoms with Crippen LogP contribution in [0.25, 0.3) is 0 Å². The first kappa shape index (κ1) is 28.2. The highest BCUT2D eigenvalue weighted by Gasteiger charge is 2.38. The monoisotopic (exact) mass is 579 g/mol. The van der Waals surface area contributed by atoms with Crippen LogP contribution in [0.3, 0.4) is 0 Å². The van der Waals surface area contributed by atoms with Gasteiger partial charge in [0.1, 0.15) is 34.0 Å². The molecule has 13 nitrogen and oxygen atoms in total. The molecule has 2 unspecified atom stereocenters. The Kier molecular flexibility index (Phi) is 8.33. The molecule has 0 aliphatic carbocycles. The number of aliphatic hydroxyl groups excluding tert-OH is 1. The fraction of sp³-hybridized carbons (Fsp3) is 0.375. The standard InChI is InChI=1S/C24H27Cl2N7O6/c1-5-17(35)28-13-9-32(18(36)11-34)10-14(13)29-23-27-7-12-8-33(24(37)31(2)22(12)30-23)21-19(25)15(38-3)6-16(39-4)20(21)26/h5-7,13-14,34H,1,8-11H2,2-4H3,(H,28,35)(H,27,29,30). The van der Waals surface area contributed by atoms with Crippen molar-refractivity contribution in [2.75, 3.05) is 56.1 Å². The van der Waals surface area contributed by atoms with E-state index in [9.17, 15) is 19.5 Å². The van der Waals surface area contributed by atoms with Gasteiger partial charge in [-0.2, -0.15) is 4.98 Å². The highest BCUT2D eigenvalue weighted by molar-refractivity contribution is 6.42. The maximum atomic E-state index is 13.5. The van der Waals surface area contributed by atoms with Crippen molar-refractivity contribution in [2.45, 2.75) is 18.6 Å². The molecule has 0 bridgehead atoms. The normalized spacial score (nSPS) is 18.5. The van der Waals surface area contributed by atoms with Crippen molar-refractivity contribution in [1.29, 1.82) is 0 Å². The minimum Gasteiger partial charge on any atom is -0.495 e. The van der Waals surface area contributed by atoms with Crippen LogP contribution < -0.4 is 29.9 Å². The lowest BCUT2D eigenvalue weighted by atomic mass is 10.1. The summed E-state index contributed by atoms with van der Waals surface area (Å²) >= 11 is 13.1. The third-order valence-corrected chi connectivity index (χ3v) is 7.19. The number of likely N-dealkylation sites (tertiary alicyclic amines) is 1. The maximum Gasteiger partial charge on any atom is 0.330 e. The van der Waals surface area contributed by atoms with Crippen LogP contribution in [0, 0.1) is 0 Å². The van der Waals surface area contributed by atoms with Crippen LogP contribution >= 0.6 is 23.2 Å². The van der Waals surface area contributed by atoms with Gasteiger partial charge in [-0.05, 0) is 6.08 Å². The van der Waals surface area contributed by atoms with Crippen LogP contribution in [0.15, 0.2) is 24.9 Å². The number of aromatic nitrogens is 2. The summed E-state index contributed by atoms with van der Waals surface area (Å²) in [6.07, 6.45) is 2.69. The van der Waals surface area contributed by atoms with E-state index >= 15 is 0 Å². The second-order valence-electron chi connectivity index (χ2n) is 8.75. The zero-order valence-electron chi connectivity index (χ0n) is 21.4. The van der Waals surface area contributed by atoms with Crippen LogP contribution in [0.5, 0.6) is 11.5 Å². The number of carbonyl (C=O) groups excluding carboxylic acids is 3. The van der Waals surface area contributed by atoms with Gasteiger partial charge < -0.3 is 30.1 Å². The summed E-state index contributed by atoms with van der Waals surface area (Å²) < 4.78 is 10.7. The number of nitrogens with zero attached hydrogens (tertiary/aromatic N) is 5. The fourth-order valence-corrected chi connectivity index (χ4v) is 5.18. The number of benzene rings is 1. The molecule has 1 saturated heterocycles. The van der Waals surface area contributed by atoms with E-state index in [1.165, 1.54) is 35.0 Å². The number of aliphatic hydroxyl groups is 1. The minimum atomic E-state index is -0.652. The smallest absolute Gasteiger partial charge is 0.330 e. The molecule has 0 saturated carbocycles. The van der Waals surface area contributed by atoms with Crippen LogP contribution in [0.1, 0.15) is 5.56 Å². The third-order valence-electron chi connectivity index (χ3n) is 6.46. The second-order valence-corrected chi connectivity index (χ2v) is 9.51. The molecule has 2 aliphatic heterocycles. The van der Waals surface area contributed by atoms with Crippen molar-refractivity contribution in [2.24, 2.45) is 0 Å². The number of rotatable bonds is 8. The SMILES string of the molecule is C=CC(=O)NC1CN(C(=O)CO)CC1Nc1ncc2c(n1)N(C)C(=O)N(c1c(Cl)c(OC)cc(OC)c1Cl)C2.